The minimum absolute atomic E-state index is 0.578. The number of hydrogen-bond donors (Lipinski definition) is 0. The van der Waals surface area contributed by atoms with Crippen LogP contribution in [0.3, 0.4) is 0 Å². The lowest BCUT2D eigenvalue weighted by molar-refractivity contribution is 0.921. The Bertz CT molecular complexity index is 508. The normalized spacial score (nSPS) is 10.4. The van der Waals surface area contributed by atoms with Crippen molar-refractivity contribution in [3.05, 3.63) is 65.2 Å². The molecule has 2 aromatic carbocycles. The van der Waals surface area contributed by atoms with Crippen LogP contribution in [0.4, 0.5) is 5.69 Å². The SMILES string of the molecule is Cc1cc(N(C)Cc2ccccc2)ccc1CCl. The first-order valence-corrected chi connectivity index (χ1v) is 6.64. The third kappa shape index (κ3) is 3.05. The minimum Gasteiger partial charge on any atom is -0.370 e. The average molecular weight is 260 g/mol. The fourth-order valence-corrected chi connectivity index (χ4v) is 2.32. The van der Waals surface area contributed by atoms with Crippen molar-refractivity contribution in [2.24, 2.45) is 0 Å². The number of alkyl halides is 1. The van der Waals surface area contributed by atoms with E-state index in [1.54, 1.807) is 0 Å². The Morgan fingerprint density at radius 2 is 1.78 bits per heavy atom. The van der Waals surface area contributed by atoms with Crippen molar-refractivity contribution in [2.75, 3.05) is 11.9 Å². The van der Waals surface area contributed by atoms with Gasteiger partial charge in [-0.05, 0) is 35.7 Å². The molecule has 0 bridgehead atoms. The summed E-state index contributed by atoms with van der Waals surface area (Å²) in [5.74, 6) is 0.578. The molecule has 0 heterocycles. The van der Waals surface area contributed by atoms with Crippen LogP contribution in [-0.2, 0) is 12.4 Å². The fraction of sp³-hybridized carbons (Fsp3) is 0.250. The molecular weight excluding hydrogens is 242 g/mol. The van der Waals surface area contributed by atoms with Crippen molar-refractivity contribution in [2.45, 2.75) is 19.3 Å². The molecule has 0 atom stereocenters. The molecule has 0 aliphatic rings. The highest BCUT2D eigenvalue weighted by atomic mass is 35.5. The van der Waals surface area contributed by atoms with Gasteiger partial charge in [0.1, 0.15) is 0 Å². The van der Waals surface area contributed by atoms with E-state index in [0.717, 1.165) is 6.54 Å². The minimum atomic E-state index is 0.578. The Labute approximate surface area is 114 Å². The van der Waals surface area contributed by atoms with E-state index in [-0.39, 0.29) is 0 Å². The molecular formula is C16H18ClN. The topological polar surface area (TPSA) is 3.24 Å². The maximum Gasteiger partial charge on any atom is 0.0476 e. The smallest absolute Gasteiger partial charge is 0.0476 e. The van der Waals surface area contributed by atoms with Gasteiger partial charge < -0.3 is 4.90 Å². The van der Waals surface area contributed by atoms with Gasteiger partial charge in [0, 0.05) is 25.2 Å². The summed E-state index contributed by atoms with van der Waals surface area (Å²) in [6.07, 6.45) is 0. The largest absolute Gasteiger partial charge is 0.370 e. The van der Waals surface area contributed by atoms with Crippen LogP contribution in [0.25, 0.3) is 0 Å². The number of anilines is 1. The molecule has 2 aromatic rings. The number of aryl methyl sites for hydroxylation is 1. The molecule has 0 aliphatic carbocycles. The summed E-state index contributed by atoms with van der Waals surface area (Å²) in [6, 6.07) is 16.9. The van der Waals surface area contributed by atoms with Crippen molar-refractivity contribution >= 4 is 17.3 Å². The third-order valence-electron chi connectivity index (χ3n) is 3.17. The summed E-state index contributed by atoms with van der Waals surface area (Å²) in [5, 5.41) is 0. The number of nitrogens with zero attached hydrogens (tertiary/aromatic N) is 1. The highest BCUT2D eigenvalue weighted by molar-refractivity contribution is 6.17. The average Bonchev–Trinajstić information content (AvgIpc) is 2.39. The number of halogens is 1. The van der Waals surface area contributed by atoms with Crippen molar-refractivity contribution in [3.8, 4) is 0 Å². The molecule has 18 heavy (non-hydrogen) atoms. The molecule has 0 fully saturated rings. The zero-order valence-electron chi connectivity index (χ0n) is 10.9. The van der Waals surface area contributed by atoms with Gasteiger partial charge in [-0.3, -0.25) is 0 Å². The standard InChI is InChI=1S/C16H18ClN/c1-13-10-16(9-8-15(13)11-17)18(2)12-14-6-4-3-5-7-14/h3-10H,11-12H2,1-2H3. The van der Waals surface area contributed by atoms with Gasteiger partial charge in [-0.25, -0.2) is 0 Å². The van der Waals surface area contributed by atoms with Crippen LogP contribution < -0.4 is 4.90 Å². The maximum atomic E-state index is 5.88. The van der Waals surface area contributed by atoms with Gasteiger partial charge in [-0.15, -0.1) is 11.6 Å². The molecule has 0 unspecified atom stereocenters. The van der Waals surface area contributed by atoms with Gasteiger partial charge >= 0.3 is 0 Å². The van der Waals surface area contributed by atoms with E-state index in [0.29, 0.717) is 5.88 Å². The summed E-state index contributed by atoms with van der Waals surface area (Å²) >= 11 is 5.88. The predicted octanol–water partition coefficient (Wildman–Crippen LogP) is 4.37. The molecule has 0 aromatic heterocycles. The molecule has 2 heteroatoms. The summed E-state index contributed by atoms with van der Waals surface area (Å²) in [5.41, 5.74) is 5.00. The van der Waals surface area contributed by atoms with E-state index in [1.807, 2.05) is 6.07 Å². The monoisotopic (exact) mass is 259 g/mol. The van der Waals surface area contributed by atoms with Crippen molar-refractivity contribution in [1.29, 1.82) is 0 Å². The van der Waals surface area contributed by atoms with E-state index >= 15 is 0 Å². The van der Waals surface area contributed by atoms with Crippen molar-refractivity contribution < 1.29 is 0 Å². The quantitative estimate of drug-likeness (QED) is 0.737. The van der Waals surface area contributed by atoms with Gasteiger partial charge in [-0.1, -0.05) is 36.4 Å². The van der Waals surface area contributed by atoms with E-state index in [9.17, 15) is 0 Å². The molecule has 0 saturated carbocycles. The first kappa shape index (κ1) is 13.0. The second kappa shape index (κ2) is 5.92. The lowest BCUT2D eigenvalue weighted by Crippen LogP contribution is -2.16. The van der Waals surface area contributed by atoms with E-state index in [1.165, 1.54) is 22.4 Å². The molecule has 0 N–H and O–H groups in total. The van der Waals surface area contributed by atoms with Crippen LogP contribution in [0.5, 0.6) is 0 Å². The van der Waals surface area contributed by atoms with Crippen molar-refractivity contribution in [1.82, 2.24) is 0 Å². The van der Waals surface area contributed by atoms with Gasteiger partial charge in [-0.2, -0.15) is 0 Å². The molecule has 1 nitrogen and oxygen atoms in total. The first-order valence-electron chi connectivity index (χ1n) is 6.11. The Morgan fingerprint density at radius 3 is 2.39 bits per heavy atom. The van der Waals surface area contributed by atoms with Gasteiger partial charge in [0.2, 0.25) is 0 Å². The van der Waals surface area contributed by atoms with Crippen LogP contribution >= 0.6 is 11.6 Å². The summed E-state index contributed by atoms with van der Waals surface area (Å²) < 4.78 is 0. The summed E-state index contributed by atoms with van der Waals surface area (Å²) in [7, 11) is 2.11. The predicted molar refractivity (Wildman–Crippen MR) is 79.3 cm³/mol. The van der Waals surface area contributed by atoms with Crippen LogP contribution in [0.2, 0.25) is 0 Å². The highest BCUT2D eigenvalue weighted by Gasteiger charge is 2.04. The van der Waals surface area contributed by atoms with E-state index < -0.39 is 0 Å². The Morgan fingerprint density at radius 1 is 1.06 bits per heavy atom. The van der Waals surface area contributed by atoms with Crippen LogP contribution in [0, 0.1) is 6.92 Å². The number of hydrogen-bond acceptors (Lipinski definition) is 1. The maximum absolute atomic E-state index is 5.88. The zero-order chi connectivity index (χ0) is 13.0. The van der Waals surface area contributed by atoms with Gasteiger partial charge in [0.05, 0.1) is 0 Å². The number of rotatable bonds is 4. The van der Waals surface area contributed by atoms with E-state index in [2.05, 4.69) is 61.3 Å². The lowest BCUT2D eigenvalue weighted by atomic mass is 10.1. The Hall–Kier alpha value is -1.47. The Kier molecular flexibility index (Phi) is 4.27. The molecule has 0 amide bonds. The molecule has 94 valence electrons. The molecule has 2 rings (SSSR count). The van der Waals surface area contributed by atoms with E-state index in [4.69, 9.17) is 11.6 Å². The highest BCUT2D eigenvalue weighted by Crippen LogP contribution is 2.20. The van der Waals surface area contributed by atoms with Crippen LogP contribution in [0.1, 0.15) is 16.7 Å². The summed E-state index contributed by atoms with van der Waals surface area (Å²) in [4.78, 5) is 2.25. The molecule has 0 spiro atoms. The van der Waals surface area contributed by atoms with Crippen LogP contribution in [-0.4, -0.2) is 7.05 Å². The zero-order valence-corrected chi connectivity index (χ0v) is 11.6. The first-order chi connectivity index (χ1) is 8.70. The molecule has 0 aliphatic heterocycles. The second-order valence-electron chi connectivity index (χ2n) is 4.59. The molecule has 0 saturated heterocycles. The fourth-order valence-electron chi connectivity index (χ4n) is 2.02. The van der Waals surface area contributed by atoms with Crippen LogP contribution in [0.15, 0.2) is 48.5 Å². The second-order valence-corrected chi connectivity index (χ2v) is 4.85. The van der Waals surface area contributed by atoms with Gasteiger partial charge in [0.25, 0.3) is 0 Å². The number of benzene rings is 2. The third-order valence-corrected chi connectivity index (χ3v) is 3.46. The molecule has 0 radical (unpaired) electrons. The summed E-state index contributed by atoms with van der Waals surface area (Å²) in [6.45, 7) is 3.03. The van der Waals surface area contributed by atoms with Gasteiger partial charge in [0.15, 0.2) is 0 Å². The lowest BCUT2D eigenvalue weighted by Gasteiger charge is -2.20. The Balaban J connectivity index is 2.14. The van der Waals surface area contributed by atoms with Crippen molar-refractivity contribution in [3.63, 3.8) is 0 Å².